The number of dihydropyridines is 1. The summed E-state index contributed by atoms with van der Waals surface area (Å²) in [6, 6.07) is 19.4. The Morgan fingerprint density at radius 3 is 2.35 bits per heavy atom. The van der Waals surface area contributed by atoms with Crippen molar-refractivity contribution in [2.24, 2.45) is 17.6 Å². The van der Waals surface area contributed by atoms with Gasteiger partial charge in [0.2, 0.25) is 5.91 Å². The van der Waals surface area contributed by atoms with Crippen molar-refractivity contribution in [2.45, 2.75) is 109 Å². The first-order valence-electron chi connectivity index (χ1n) is 19.9. The molecule has 3 aliphatic carbocycles. The minimum atomic E-state index is -0.203. The number of nitrogens with two attached hydrogens (primary N) is 1. The molecular formula is C45H71N5O4. The number of hydrogen-bond acceptors (Lipinski definition) is 6. The molecule has 4 unspecified atom stereocenters. The molecule has 9 nitrogen and oxygen atoms in total. The smallest absolute Gasteiger partial charge is 0.220 e. The Morgan fingerprint density at radius 2 is 1.76 bits per heavy atom. The van der Waals surface area contributed by atoms with E-state index in [2.05, 4.69) is 116 Å². The number of nitrogens with one attached hydrogen (secondary N) is 2. The van der Waals surface area contributed by atoms with Gasteiger partial charge in [0, 0.05) is 69.5 Å². The number of ether oxygens (including phenoxy) is 1. The van der Waals surface area contributed by atoms with E-state index >= 15 is 0 Å². The van der Waals surface area contributed by atoms with Crippen molar-refractivity contribution in [1.82, 2.24) is 20.4 Å². The summed E-state index contributed by atoms with van der Waals surface area (Å²) in [6.45, 7) is 20.9. The van der Waals surface area contributed by atoms with Gasteiger partial charge in [-0.2, -0.15) is 0 Å². The van der Waals surface area contributed by atoms with Gasteiger partial charge in [-0.1, -0.05) is 99.2 Å². The van der Waals surface area contributed by atoms with Crippen molar-refractivity contribution in [1.29, 1.82) is 0 Å². The van der Waals surface area contributed by atoms with Crippen LogP contribution in [0.25, 0.3) is 0 Å². The second-order valence-corrected chi connectivity index (χ2v) is 16.6. The Labute approximate surface area is 326 Å². The lowest BCUT2D eigenvalue weighted by atomic mass is 9.89. The van der Waals surface area contributed by atoms with Crippen LogP contribution in [0, 0.1) is 11.8 Å². The zero-order valence-corrected chi connectivity index (χ0v) is 34.4. The number of primary amides is 1. The minimum absolute atomic E-state index is 0. The molecule has 9 heteroatoms. The molecule has 5 atom stereocenters. The van der Waals surface area contributed by atoms with E-state index in [1.54, 1.807) is 16.7 Å². The summed E-state index contributed by atoms with van der Waals surface area (Å²) >= 11 is 0. The highest BCUT2D eigenvalue weighted by Crippen LogP contribution is 2.59. The van der Waals surface area contributed by atoms with Crippen LogP contribution in [0.4, 0.5) is 0 Å². The fraction of sp³-hybridized carbons (Fsp3) is 0.578. The van der Waals surface area contributed by atoms with Crippen molar-refractivity contribution in [2.75, 3.05) is 46.4 Å². The summed E-state index contributed by atoms with van der Waals surface area (Å²) in [5.74, 6) is -0.0228. The molecule has 2 aliphatic heterocycles. The van der Waals surface area contributed by atoms with Gasteiger partial charge in [-0.05, 0) is 88.0 Å². The lowest BCUT2D eigenvalue weighted by Gasteiger charge is -2.45. The lowest BCUT2D eigenvalue weighted by molar-refractivity contribution is -0.122. The fourth-order valence-electron chi connectivity index (χ4n) is 9.16. The van der Waals surface area contributed by atoms with Crippen LogP contribution in [0.5, 0.6) is 0 Å². The third-order valence-electron chi connectivity index (χ3n) is 11.7. The number of allylic oxidation sites excluding steroid dienone is 2. The van der Waals surface area contributed by atoms with Crippen LogP contribution in [0.3, 0.4) is 0 Å². The van der Waals surface area contributed by atoms with Crippen molar-refractivity contribution in [3.8, 4) is 0 Å². The molecule has 2 heterocycles. The third kappa shape index (κ3) is 10.3. The van der Waals surface area contributed by atoms with Gasteiger partial charge in [-0.25, -0.2) is 0 Å². The number of rotatable bonds is 11. The molecule has 0 bridgehead atoms. The first kappa shape index (κ1) is 45.1. The summed E-state index contributed by atoms with van der Waals surface area (Å²) in [6.07, 6.45) is 14.5. The maximum atomic E-state index is 12.4. The number of carbonyl (C=O) groups is 1. The Kier molecular flexibility index (Phi) is 16.3. The van der Waals surface area contributed by atoms with Crippen molar-refractivity contribution < 1.29 is 20.5 Å². The van der Waals surface area contributed by atoms with Gasteiger partial charge in [0.25, 0.3) is 0 Å². The van der Waals surface area contributed by atoms with E-state index in [1.807, 2.05) is 39.2 Å². The largest absolute Gasteiger partial charge is 0.412 e. The molecule has 5 aliphatic rings. The quantitative estimate of drug-likeness (QED) is 0.272. The summed E-state index contributed by atoms with van der Waals surface area (Å²) in [5, 5.41) is 7.20. The second kappa shape index (κ2) is 19.5. The Balaban J connectivity index is 0.000000383. The highest BCUT2D eigenvalue weighted by molar-refractivity contribution is 5.77. The molecule has 3 fully saturated rings. The zero-order chi connectivity index (χ0) is 37.5. The van der Waals surface area contributed by atoms with E-state index in [1.165, 1.54) is 30.4 Å². The predicted molar refractivity (Wildman–Crippen MR) is 223 cm³/mol. The van der Waals surface area contributed by atoms with Crippen LogP contribution >= 0.6 is 0 Å². The molecule has 0 aromatic heterocycles. The van der Waals surface area contributed by atoms with Gasteiger partial charge in [0.05, 0.1) is 17.7 Å². The standard InChI is InChI=1S/C30H47N5O2.C13H14.C2H6.2H2O/c1-22(16-25(28(31)36)17-23-10-7-6-8-11-23)19-35-15-14-34(20-24-12-9-13-32-18-24)21-30(35)26(27(30)37-5)33-29(2,3)4;1-2-11-9-10-5-3-4-6-12(10)13(11)7-8-13;1-2;;/h6-12,18,22,25-27,32-33H,13-17,19-21H2,1-5H3,(H2,31,36);2-6H,7-9H2,1H3;1-2H3;2*1H2/b;11-2-;;;/t22?,25-,26?,27?,30?;;;;/m0..../s1. The predicted octanol–water partition coefficient (Wildman–Crippen LogP) is 5.14. The second-order valence-electron chi connectivity index (χ2n) is 16.6. The first-order chi connectivity index (χ1) is 25.0. The number of methoxy groups -OCH3 is 1. The number of carbonyl (C=O) groups excluding carboxylic acids is 1. The highest BCUT2D eigenvalue weighted by atomic mass is 16.5. The summed E-state index contributed by atoms with van der Waals surface area (Å²) in [5.41, 5.74) is 13.6. The maximum Gasteiger partial charge on any atom is 0.220 e. The first-order valence-corrected chi connectivity index (χ1v) is 19.9. The van der Waals surface area contributed by atoms with Crippen LogP contribution in [-0.4, -0.2) is 96.3 Å². The molecular weight excluding hydrogens is 675 g/mol. The Morgan fingerprint density at radius 1 is 1.07 bits per heavy atom. The molecule has 1 amide bonds. The molecule has 2 spiro atoms. The summed E-state index contributed by atoms with van der Waals surface area (Å²) < 4.78 is 6.12. The normalized spacial score (nSPS) is 25.3. The Bertz CT molecular complexity index is 1580. The van der Waals surface area contributed by atoms with Crippen molar-refractivity contribution in [3.05, 3.63) is 107 Å². The lowest BCUT2D eigenvalue weighted by Crippen LogP contribution is -2.60. The average molecular weight is 746 g/mol. The molecule has 2 saturated carbocycles. The summed E-state index contributed by atoms with van der Waals surface area (Å²) in [7, 11) is 1.84. The van der Waals surface area contributed by atoms with Gasteiger partial charge in [0.1, 0.15) is 0 Å². The topological polar surface area (TPSA) is 146 Å². The molecule has 54 heavy (non-hydrogen) atoms. The molecule has 2 aromatic carbocycles. The number of benzene rings is 2. The van der Waals surface area contributed by atoms with Crippen LogP contribution in [0.15, 0.2) is 90.2 Å². The van der Waals surface area contributed by atoms with E-state index in [-0.39, 0.29) is 46.0 Å². The molecule has 1 saturated heterocycles. The minimum Gasteiger partial charge on any atom is -0.412 e. The van der Waals surface area contributed by atoms with E-state index < -0.39 is 0 Å². The van der Waals surface area contributed by atoms with Crippen LogP contribution in [0.1, 0.15) is 84.4 Å². The summed E-state index contributed by atoms with van der Waals surface area (Å²) in [4.78, 5) is 17.6. The average Bonchev–Trinajstić information content (AvgIpc) is 4.02. The number of nitrogens with zero attached hydrogens (tertiary/aromatic N) is 2. The van der Waals surface area contributed by atoms with Crippen LogP contribution < -0.4 is 16.4 Å². The van der Waals surface area contributed by atoms with Gasteiger partial charge in [-0.15, -0.1) is 0 Å². The SMILES string of the molecule is C/C=C1/Cc2ccccc2C12CC2.CC.COC1C(NC(C)(C)C)C12CN(CC1=CNCC=C1)CCN2CC(C)C[C@@H](Cc1ccccc1)C(N)=O.O.O. The van der Waals surface area contributed by atoms with E-state index in [4.69, 9.17) is 10.5 Å². The fourth-order valence-corrected chi connectivity index (χ4v) is 9.16. The van der Waals surface area contributed by atoms with Gasteiger partial charge in [-0.3, -0.25) is 14.6 Å². The molecule has 0 radical (unpaired) electrons. The van der Waals surface area contributed by atoms with E-state index in [0.717, 1.165) is 45.7 Å². The Hall–Kier alpha value is -3.31. The van der Waals surface area contributed by atoms with Gasteiger partial charge >= 0.3 is 0 Å². The molecule has 8 N–H and O–H groups in total. The van der Waals surface area contributed by atoms with Crippen molar-refractivity contribution >= 4 is 5.91 Å². The van der Waals surface area contributed by atoms with Gasteiger partial charge in [0.15, 0.2) is 0 Å². The van der Waals surface area contributed by atoms with Crippen LogP contribution in [0.2, 0.25) is 0 Å². The zero-order valence-electron chi connectivity index (χ0n) is 34.4. The third-order valence-corrected chi connectivity index (χ3v) is 11.7. The van der Waals surface area contributed by atoms with Crippen LogP contribution in [-0.2, 0) is 27.8 Å². The van der Waals surface area contributed by atoms with E-state index in [9.17, 15) is 4.79 Å². The molecule has 2 aromatic rings. The van der Waals surface area contributed by atoms with Gasteiger partial charge < -0.3 is 32.1 Å². The molecule has 300 valence electrons. The number of fused-ring (bicyclic) bond motifs is 2. The van der Waals surface area contributed by atoms with E-state index in [0.29, 0.717) is 17.8 Å². The monoisotopic (exact) mass is 746 g/mol. The number of piperazine rings is 1. The molecule has 7 rings (SSSR count). The number of hydrogen-bond donors (Lipinski definition) is 3. The maximum absolute atomic E-state index is 12.4. The van der Waals surface area contributed by atoms with Crippen molar-refractivity contribution in [3.63, 3.8) is 0 Å². The number of amides is 1. The highest BCUT2D eigenvalue weighted by Gasteiger charge is 2.70.